The smallest absolute Gasteiger partial charge is 0.277 e. The molecule has 0 aliphatic heterocycles. The molecule has 1 aromatic heterocycles. The van der Waals surface area contributed by atoms with Gasteiger partial charge in [-0.05, 0) is 72.8 Å². The number of ether oxygens (including phenoxy) is 1. The highest BCUT2D eigenvalue weighted by Crippen LogP contribution is 2.26. The number of halogens is 2. The van der Waals surface area contributed by atoms with Crippen molar-refractivity contribution in [2.45, 2.75) is 5.22 Å². The molecule has 0 bridgehead atoms. The van der Waals surface area contributed by atoms with Crippen molar-refractivity contribution in [1.82, 2.24) is 10.2 Å². The molecule has 156 valence electrons. The molecule has 4 aromatic rings. The third-order valence-corrected chi connectivity index (χ3v) is 5.33. The third kappa shape index (κ3) is 6.01. The van der Waals surface area contributed by atoms with E-state index in [1.165, 1.54) is 0 Å². The maximum absolute atomic E-state index is 12.2. The molecule has 1 heterocycles. The Morgan fingerprint density at radius 2 is 1.45 bits per heavy atom. The first-order valence-corrected chi connectivity index (χ1v) is 10.8. The molecule has 0 unspecified atom stereocenters. The van der Waals surface area contributed by atoms with Crippen LogP contribution in [0.4, 0.5) is 5.69 Å². The van der Waals surface area contributed by atoms with Crippen molar-refractivity contribution in [3.63, 3.8) is 0 Å². The van der Waals surface area contributed by atoms with Gasteiger partial charge in [-0.3, -0.25) is 4.79 Å². The van der Waals surface area contributed by atoms with Gasteiger partial charge in [0, 0.05) is 21.3 Å². The summed E-state index contributed by atoms with van der Waals surface area (Å²) in [5.41, 5.74) is 1.41. The van der Waals surface area contributed by atoms with Crippen molar-refractivity contribution in [1.29, 1.82) is 0 Å². The van der Waals surface area contributed by atoms with Gasteiger partial charge in [-0.25, -0.2) is 0 Å². The second-order valence-electron chi connectivity index (χ2n) is 6.30. The minimum atomic E-state index is -0.192. The first kappa shape index (κ1) is 21.2. The van der Waals surface area contributed by atoms with E-state index < -0.39 is 0 Å². The molecular formula is C22H15Cl2N3O3S. The SMILES string of the molecule is O=C(CSc1nnc(-c2ccc(Cl)cc2)o1)Nc1ccc(Oc2ccc(Cl)cc2)cc1. The van der Waals surface area contributed by atoms with E-state index in [1.807, 2.05) is 0 Å². The van der Waals surface area contributed by atoms with E-state index in [1.54, 1.807) is 72.8 Å². The Morgan fingerprint density at radius 1 is 0.871 bits per heavy atom. The normalized spacial score (nSPS) is 10.6. The Bertz CT molecular complexity index is 1160. The van der Waals surface area contributed by atoms with Crippen LogP contribution in [0.15, 0.2) is 82.4 Å². The summed E-state index contributed by atoms with van der Waals surface area (Å²) in [6.45, 7) is 0. The van der Waals surface area contributed by atoms with E-state index in [-0.39, 0.29) is 11.7 Å². The van der Waals surface area contributed by atoms with E-state index in [2.05, 4.69) is 15.5 Å². The lowest BCUT2D eigenvalue weighted by atomic mass is 10.2. The van der Waals surface area contributed by atoms with Crippen LogP contribution in [0.2, 0.25) is 10.0 Å². The van der Waals surface area contributed by atoms with Crippen LogP contribution < -0.4 is 10.1 Å². The number of hydrogen-bond donors (Lipinski definition) is 1. The Balaban J connectivity index is 1.28. The average Bonchev–Trinajstić information content (AvgIpc) is 3.25. The number of nitrogens with one attached hydrogen (secondary N) is 1. The molecule has 1 amide bonds. The first-order valence-electron chi connectivity index (χ1n) is 9.11. The molecule has 9 heteroatoms. The van der Waals surface area contributed by atoms with Crippen molar-refractivity contribution < 1.29 is 13.9 Å². The van der Waals surface area contributed by atoms with Crippen LogP contribution in [-0.4, -0.2) is 21.9 Å². The van der Waals surface area contributed by atoms with Crippen molar-refractivity contribution in [3.8, 4) is 23.0 Å². The van der Waals surface area contributed by atoms with Gasteiger partial charge in [-0.2, -0.15) is 0 Å². The van der Waals surface area contributed by atoms with Gasteiger partial charge in [0.05, 0.1) is 5.75 Å². The highest BCUT2D eigenvalue weighted by atomic mass is 35.5. The topological polar surface area (TPSA) is 77.2 Å². The first-order chi connectivity index (χ1) is 15.0. The zero-order chi connectivity index (χ0) is 21.6. The summed E-state index contributed by atoms with van der Waals surface area (Å²) < 4.78 is 11.3. The van der Waals surface area contributed by atoms with E-state index in [0.29, 0.717) is 38.3 Å². The third-order valence-electron chi connectivity index (χ3n) is 4.01. The monoisotopic (exact) mass is 471 g/mol. The van der Waals surface area contributed by atoms with Gasteiger partial charge in [-0.1, -0.05) is 35.0 Å². The zero-order valence-corrected chi connectivity index (χ0v) is 18.2. The Labute approximate surface area is 192 Å². The molecule has 0 radical (unpaired) electrons. The van der Waals surface area contributed by atoms with E-state index in [0.717, 1.165) is 17.3 Å². The number of hydrogen-bond acceptors (Lipinski definition) is 6. The van der Waals surface area contributed by atoms with Gasteiger partial charge >= 0.3 is 0 Å². The van der Waals surface area contributed by atoms with Crippen LogP contribution >= 0.6 is 35.0 Å². The summed E-state index contributed by atoms with van der Waals surface area (Å²) in [4.78, 5) is 12.2. The standard InChI is InChI=1S/C22H15Cl2N3O3S/c23-15-3-1-14(2-4-15)21-26-27-22(30-21)31-13-20(28)25-17-7-11-19(12-8-17)29-18-9-5-16(24)6-10-18/h1-12H,13H2,(H,25,28). The number of thioether (sulfide) groups is 1. The molecule has 0 saturated carbocycles. The van der Waals surface area contributed by atoms with Gasteiger partial charge < -0.3 is 14.5 Å². The molecule has 4 rings (SSSR count). The summed E-state index contributed by atoms with van der Waals surface area (Å²) in [6.07, 6.45) is 0. The summed E-state index contributed by atoms with van der Waals surface area (Å²) in [7, 11) is 0. The van der Waals surface area contributed by atoms with Gasteiger partial charge in [0.1, 0.15) is 11.5 Å². The number of nitrogens with zero attached hydrogens (tertiary/aromatic N) is 2. The molecule has 6 nitrogen and oxygen atoms in total. The summed E-state index contributed by atoms with van der Waals surface area (Å²) in [5, 5.41) is 12.4. The van der Waals surface area contributed by atoms with Gasteiger partial charge in [0.25, 0.3) is 5.22 Å². The molecule has 3 aromatic carbocycles. The van der Waals surface area contributed by atoms with Gasteiger partial charge in [0.15, 0.2) is 0 Å². The van der Waals surface area contributed by atoms with E-state index in [4.69, 9.17) is 32.4 Å². The lowest BCUT2D eigenvalue weighted by Crippen LogP contribution is -2.13. The second kappa shape index (κ2) is 9.87. The van der Waals surface area contributed by atoms with Crippen molar-refractivity contribution in [3.05, 3.63) is 82.8 Å². The Kier molecular flexibility index (Phi) is 6.76. The van der Waals surface area contributed by atoms with Crippen LogP contribution in [0.5, 0.6) is 11.5 Å². The summed E-state index contributed by atoms with van der Waals surface area (Å²) >= 11 is 12.9. The van der Waals surface area contributed by atoms with Gasteiger partial charge in [-0.15, -0.1) is 10.2 Å². The number of anilines is 1. The van der Waals surface area contributed by atoms with Crippen LogP contribution in [0.3, 0.4) is 0 Å². The minimum absolute atomic E-state index is 0.130. The maximum Gasteiger partial charge on any atom is 0.277 e. The van der Waals surface area contributed by atoms with Crippen molar-refractivity contribution in [2.75, 3.05) is 11.1 Å². The molecule has 0 saturated heterocycles. The second-order valence-corrected chi connectivity index (χ2v) is 8.10. The minimum Gasteiger partial charge on any atom is -0.457 e. The number of carbonyl (C=O) groups is 1. The number of rotatable bonds is 7. The van der Waals surface area contributed by atoms with Crippen LogP contribution in [-0.2, 0) is 4.79 Å². The quantitative estimate of drug-likeness (QED) is 0.307. The predicted octanol–water partition coefficient (Wildman–Crippen LogP) is 6.57. The molecular weight excluding hydrogens is 457 g/mol. The average molecular weight is 472 g/mol. The highest BCUT2D eigenvalue weighted by molar-refractivity contribution is 7.99. The highest BCUT2D eigenvalue weighted by Gasteiger charge is 2.11. The fourth-order valence-corrected chi connectivity index (χ4v) is 3.36. The predicted molar refractivity (Wildman–Crippen MR) is 122 cm³/mol. The molecule has 1 N–H and O–H groups in total. The fraction of sp³-hybridized carbons (Fsp3) is 0.0455. The van der Waals surface area contributed by atoms with E-state index >= 15 is 0 Å². The lowest BCUT2D eigenvalue weighted by molar-refractivity contribution is -0.113. The Morgan fingerprint density at radius 3 is 2.10 bits per heavy atom. The molecule has 0 atom stereocenters. The maximum atomic E-state index is 12.2. The molecule has 31 heavy (non-hydrogen) atoms. The number of amides is 1. The number of benzene rings is 3. The molecule has 0 spiro atoms. The van der Waals surface area contributed by atoms with Gasteiger partial charge in [0.2, 0.25) is 11.8 Å². The van der Waals surface area contributed by atoms with E-state index in [9.17, 15) is 4.79 Å². The van der Waals surface area contributed by atoms with Crippen LogP contribution in [0, 0.1) is 0 Å². The van der Waals surface area contributed by atoms with Crippen molar-refractivity contribution in [2.24, 2.45) is 0 Å². The Hall–Kier alpha value is -3.00. The molecule has 0 fully saturated rings. The van der Waals surface area contributed by atoms with Crippen LogP contribution in [0.1, 0.15) is 0 Å². The number of aromatic nitrogens is 2. The zero-order valence-electron chi connectivity index (χ0n) is 15.9. The lowest BCUT2D eigenvalue weighted by Gasteiger charge is -2.08. The summed E-state index contributed by atoms with van der Waals surface area (Å²) in [6, 6.07) is 21.2. The van der Waals surface area contributed by atoms with Crippen molar-refractivity contribution >= 4 is 46.6 Å². The number of carbonyl (C=O) groups excluding carboxylic acids is 1. The molecule has 0 aliphatic carbocycles. The largest absolute Gasteiger partial charge is 0.457 e. The van der Waals surface area contributed by atoms with Crippen LogP contribution in [0.25, 0.3) is 11.5 Å². The fourth-order valence-electron chi connectivity index (χ4n) is 2.55. The summed E-state index contributed by atoms with van der Waals surface area (Å²) in [5.74, 6) is 1.63. The molecule has 0 aliphatic rings.